The summed E-state index contributed by atoms with van der Waals surface area (Å²) in [7, 11) is 0. The fourth-order valence-electron chi connectivity index (χ4n) is 3.58. The van der Waals surface area contributed by atoms with Crippen molar-refractivity contribution in [3.8, 4) is 11.6 Å². The maximum Gasteiger partial charge on any atom is 0.239 e. The number of aromatic hydroxyl groups is 1. The minimum Gasteiger partial charge on any atom is -0.508 e. The fraction of sp³-hybridized carbons (Fsp3) is 0.550. The number of ether oxygens (including phenoxy) is 2. The van der Waals surface area contributed by atoms with Gasteiger partial charge < -0.3 is 40.1 Å². The lowest BCUT2D eigenvalue weighted by Crippen LogP contribution is -2.60. The van der Waals surface area contributed by atoms with Gasteiger partial charge in [-0.3, -0.25) is 4.68 Å². The van der Waals surface area contributed by atoms with Crippen molar-refractivity contribution in [1.29, 1.82) is 0 Å². The first kappa shape index (κ1) is 22.5. The number of aromatic nitrogens is 2. The van der Waals surface area contributed by atoms with E-state index in [0.717, 1.165) is 5.69 Å². The molecule has 1 aromatic heterocycles. The normalized spacial score (nSPS) is 26.7. The number of rotatable bonds is 8. The van der Waals surface area contributed by atoms with Crippen LogP contribution in [0.1, 0.15) is 23.7 Å². The number of aliphatic hydroxyl groups excluding tert-OH is 5. The molecule has 0 spiro atoms. The van der Waals surface area contributed by atoms with Gasteiger partial charge in [-0.25, -0.2) is 0 Å². The molecule has 5 atom stereocenters. The number of hydrogen-bond acceptors (Lipinski definition) is 9. The van der Waals surface area contributed by atoms with Crippen LogP contribution in [0.15, 0.2) is 24.3 Å². The van der Waals surface area contributed by atoms with Crippen molar-refractivity contribution in [1.82, 2.24) is 9.78 Å². The zero-order chi connectivity index (χ0) is 21.8. The first-order valence-corrected chi connectivity index (χ1v) is 9.84. The average Bonchev–Trinajstić information content (AvgIpc) is 3.06. The summed E-state index contributed by atoms with van der Waals surface area (Å²) in [6, 6.07) is 6.82. The summed E-state index contributed by atoms with van der Waals surface area (Å²) >= 11 is 0. The van der Waals surface area contributed by atoms with Crippen LogP contribution >= 0.6 is 0 Å². The Bertz CT molecular complexity index is 840. The number of nitrogens with zero attached hydrogens (tertiary/aromatic N) is 2. The average molecular weight is 424 g/mol. The van der Waals surface area contributed by atoms with Gasteiger partial charge in [0.2, 0.25) is 12.2 Å². The summed E-state index contributed by atoms with van der Waals surface area (Å²) in [6.07, 6.45) is -6.31. The van der Waals surface area contributed by atoms with Crippen LogP contribution in [0.3, 0.4) is 0 Å². The molecule has 0 radical (unpaired) electrons. The number of aliphatic hydroxyl groups is 5. The van der Waals surface area contributed by atoms with Crippen molar-refractivity contribution in [3.63, 3.8) is 0 Å². The number of phenolic OH excluding ortho intramolecular Hbond substituents is 1. The minimum atomic E-state index is -1.58. The summed E-state index contributed by atoms with van der Waals surface area (Å²) in [4.78, 5) is 0. The van der Waals surface area contributed by atoms with Crippen molar-refractivity contribution in [2.24, 2.45) is 0 Å². The topological polar surface area (TPSA) is 158 Å². The van der Waals surface area contributed by atoms with Gasteiger partial charge in [-0.15, -0.1) is 5.10 Å². The zero-order valence-corrected chi connectivity index (χ0v) is 16.6. The molecule has 0 bridgehead atoms. The molecule has 0 saturated carbocycles. The molecule has 10 heteroatoms. The quantitative estimate of drug-likeness (QED) is 0.310. The first-order valence-electron chi connectivity index (χ1n) is 9.84. The molecular formula is C20H28N2O8. The summed E-state index contributed by atoms with van der Waals surface area (Å²) in [5, 5.41) is 63.5. The number of benzene rings is 1. The van der Waals surface area contributed by atoms with Crippen LogP contribution in [0.25, 0.3) is 0 Å². The SMILES string of the molecule is CCc1c(Cc2ccccc2O)c(O[C@@H]2O[C@H](CO)[C@@H](O)[C@H](O)[C@H]2O)nn1CCO. The second-order valence-corrected chi connectivity index (χ2v) is 7.15. The lowest BCUT2D eigenvalue weighted by Gasteiger charge is -2.39. The van der Waals surface area contributed by atoms with Gasteiger partial charge in [0.1, 0.15) is 30.2 Å². The third kappa shape index (κ3) is 4.43. The minimum absolute atomic E-state index is 0.105. The van der Waals surface area contributed by atoms with Crippen molar-refractivity contribution in [3.05, 3.63) is 41.1 Å². The van der Waals surface area contributed by atoms with E-state index in [1.807, 2.05) is 6.92 Å². The van der Waals surface area contributed by atoms with E-state index in [1.54, 1.807) is 28.9 Å². The maximum atomic E-state index is 10.3. The zero-order valence-electron chi connectivity index (χ0n) is 16.6. The van der Waals surface area contributed by atoms with Crippen LogP contribution in [0.5, 0.6) is 11.6 Å². The molecule has 30 heavy (non-hydrogen) atoms. The van der Waals surface area contributed by atoms with Crippen LogP contribution in [0, 0.1) is 0 Å². The van der Waals surface area contributed by atoms with Gasteiger partial charge in [0.05, 0.1) is 19.8 Å². The van der Waals surface area contributed by atoms with E-state index in [-0.39, 0.29) is 31.2 Å². The van der Waals surface area contributed by atoms with Crippen molar-refractivity contribution in [2.45, 2.75) is 57.0 Å². The van der Waals surface area contributed by atoms with Gasteiger partial charge in [-0.2, -0.15) is 0 Å². The fourth-order valence-corrected chi connectivity index (χ4v) is 3.58. The molecule has 1 aromatic carbocycles. The summed E-state index contributed by atoms with van der Waals surface area (Å²) in [5.41, 5.74) is 2.03. The molecule has 1 fully saturated rings. The Balaban J connectivity index is 1.96. The molecule has 2 heterocycles. The van der Waals surface area contributed by atoms with Gasteiger partial charge in [0, 0.05) is 17.7 Å². The van der Waals surface area contributed by atoms with Crippen LogP contribution in [0.2, 0.25) is 0 Å². The molecule has 1 saturated heterocycles. The largest absolute Gasteiger partial charge is 0.508 e. The number of phenols is 1. The van der Waals surface area contributed by atoms with E-state index in [2.05, 4.69) is 5.10 Å². The highest BCUT2D eigenvalue weighted by Crippen LogP contribution is 2.31. The second-order valence-electron chi connectivity index (χ2n) is 7.15. The lowest BCUT2D eigenvalue weighted by atomic mass is 9.99. The van der Waals surface area contributed by atoms with Crippen molar-refractivity contribution < 1.29 is 40.1 Å². The number of para-hydroxylation sites is 1. The Morgan fingerprint density at radius 3 is 2.47 bits per heavy atom. The van der Waals surface area contributed by atoms with Gasteiger partial charge in [0.25, 0.3) is 0 Å². The van der Waals surface area contributed by atoms with Gasteiger partial charge in [-0.1, -0.05) is 25.1 Å². The summed E-state index contributed by atoms with van der Waals surface area (Å²) in [6.45, 7) is 1.41. The van der Waals surface area contributed by atoms with E-state index in [0.29, 0.717) is 17.5 Å². The monoisotopic (exact) mass is 424 g/mol. The van der Waals surface area contributed by atoms with Crippen LogP contribution < -0.4 is 4.74 Å². The molecule has 0 unspecified atom stereocenters. The smallest absolute Gasteiger partial charge is 0.239 e. The van der Waals surface area contributed by atoms with Gasteiger partial charge in [-0.05, 0) is 18.1 Å². The van der Waals surface area contributed by atoms with Crippen LogP contribution in [-0.2, 0) is 24.1 Å². The molecule has 166 valence electrons. The highest BCUT2D eigenvalue weighted by Gasteiger charge is 2.45. The third-order valence-electron chi connectivity index (χ3n) is 5.21. The Morgan fingerprint density at radius 1 is 1.10 bits per heavy atom. The lowest BCUT2D eigenvalue weighted by molar-refractivity contribution is -0.278. The molecule has 0 amide bonds. The van der Waals surface area contributed by atoms with E-state index >= 15 is 0 Å². The van der Waals surface area contributed by atoms with Crippen molar-refractivity contribution in [2.75, 3.05) is 13.2 Å². The van der Waals surface area contributed by atoms with E-state index < -0.39 is 37.3 Å². The molecule has 2 aromatic rings. The molecule has 6 N–H and O–H groups in total. The second kappa shape index (κ2) is 9.73. The standard InChI is InChI=1S/C20H28N2O8/c1-2-13-12(9-11-5-3-4-6-14(11)25)19(21-22(13)7-8-23)30-20-18(28)17(27)16(26)15(10-24)29-20/h3-6,15-18,20,23-28H,2,7-10H2,1H3/t15-,16-,17+,18-,20+/m1/s1. The Hall–Kier alpha value is -2.21. The van der Waals surface area contributed by atoms with Crippen LogP contribution in [-0.4, -0.2) is 84.3 Å². The van der Waals surface area contributed by atoms with E-state index in [1.165, 1.54) is 0 Å². The summed E-state index contributed by atoms with van der Waals surface area (Å²) < 4.78 is 12.8. The molecule has 3 rings (SSSR count). The van der Waals surface area contributed by atoms with E-state index in [4.69, 9.17) is 9.47 Å². The summed E-state index contributed by atoms with van der Waals surface area (Å²) in [5.74, 6) is 0.209. The first-order chi connectivity index (χ1) is 14.4. The van der Waals surface area contributed by atoms with Crippen molar-refractivity contribution >= 4 is 0 Å². The van der Waals surface area contributed by atoms with E-state index in [9.17, 15) is 30.6 Å². The molecule has 1 aliphatic rings. The molecule has 10 nitrogen and oxygen atoms in total. The predicted molar refractivity (Wildman–Crippen MR) is 104 cm³/mol. The molecular weight excluding hydrogens is 396 g/mol. The Labute approximate surface area is 173 Å². The highest BCUT2D eigenvalue weighted by atomic mass is 16.7. The Morgan fingerprint density at radius 2 is 1.83 bits per heavy atom. The van der Waals surface area contributed by atoms with Gasteiger partial charge >= 0.3 is 0 Å². The maximum absolute atomic E-state index is 10.3. The van der Waals surface area contributed by atoms with Gasteiger partial charge in [0.15, 0.2) is 0 Å². The molecule has 1 aliphatic heterocycles. The predicted octanol–water partition coefficient (Wildman–Crippen LogP) is -1.09. The third-order valence-corrected chi connectivity index (χ3v) is 5.21. The van der Waals surface area contributed by atoms with Crippen LogP contribution in [0.4, 0.5) is 0 Å². The number of hydrogen-bond donors (Lipinski definition) is 6. The molecule has 0 aliphatic carbocycles. The Kier molecular flexibility index (Phi) is 7.29. The highest BCUT2D eigenvalue weighted by molar-refractivity contribution is 5.42.